The Morgan fingerprint density at radius 2 is 1.74 bits per heavy atom. The second kappa shape index (κ2) is 10.9. The van der Waals surface area contributed by atoms with Crippen molar-refractivity contribution in [2.45, 2.75) is 26.2 Å². The lowest BCUT2D eigenvalue weighted by Crippen LogP contribution is -2.34. The van der Waals surface area contributed by atoms with Crippen LogP contribution in [-0.2, 0) is 4.79 Å². The van der Waals surface area contributed by atoms with Crippen LogP contribution >= 0.6 is 0 Å². The van der Waals surface area contributed by atoms with Gasteiger partial charge in [-0.3, -0.25) is 9.59 Å². The standard InChI is InChI=1S/C21H26N2O4/c1-16-5-4-6-19(15-16)27-14-3-2-7-20(25)22-12-13-23-21(26)17-8-10-18(24)11-9-17/h4-6,8-11,15,24H,2-3,7,12-14H2,1H3,(H,22,25)(H,23,26). The van der Waals surface area contributed by atoms with Crippen molar-refractivity contribution < 1.29 is 19.4 Å². The molecule has 27 heavy (non-hydrogen) atoms. The minimum absolute atomic E-state index is 0.0376. The Labute approximate surface area is 159 Å². The van der Waals surface area contributed by atoms with Crippen molar-refractivity contribution in [1.29, 1.82) is 0 Å². The second-order valence-electron chi connectivity index (χ2n) is 6.27. The smallest absolute Gasteiger partial charge is 0.251 e. The molecule has 6 heteroatoms. The Morgan fingerprint density at radius 3 is 2.48 bits per heavy atom. The highest BCUT2D eigenvalue weighted by atomic mass is 16.5. The summed E-state index contributed by atoms with van der Waals surface area (Å²) in [5.41, 5.74) is 1.62. The van der Waals surface area contributed by atoms with Gasteiger partial charge >= 0.3 is 0 Å². The minimum Gasteiger partial charge on any atom is -0.508 e. The van der Waals surface area contributed by atoms with Gasteiger partial charge in [-0.25, -0.2) is 0 Å². The molecule has 0 saturated carbocycles. The molecule has 0 radical (unpaired) electrons. The van der Waals surface area contributed by atoms with Gasteiger partial charge in [0.2, 0.25) is 5.91 Å². The number of phenols is 1. The van der Waals surface area contributed by atoms with E-state index < -0.39 is 0 Å². The monoisotopic (exact) mass is 370 g/mol. The highest BCUT2D eigenvalue weighted by Crippen LogP contribution is 2.13. The maximum atomic E-state index is 11.9. The van der Waals surface area contributed by atoms with E-state index in [9.17, 15) is 14.7 Å². The molecule has 2 aromatic carbocycles. The molecule has 2 aromatic rings. The van der Waals surface area contributed by atoms with Gasteiger partial charge in [0.05, 0.1) is 6.61 Å². The number of rotatable bonds is 10. The van der Waals surface area contributed by atoms with E-state index in [2.05, 4.69) is 10.6 Å². The molecule has 0 unspecified atom stereocenters. The number of aryl methyl sites for hydroxylation is 1. The number of benzene rings is 2. The molecule has 6 nitrogen and oxygen atoms in total. The summed E-state index contributed by atoms with van der Waals surface area (Å²) in [7, 11) is 0. The SMILES string of the molecule is Cc1cccc(OCCCCC(=O)NCCNC(=O)c2ccc(O)cc2)c1. The molecule has 3 N–H and O–H groups in total. The number of phenolic OH excluding ortho intramolecular Hbond substituents is 1. The van der Waals surface area contributed by atoms with Gasteiger partial charge in [0, 0.05) is 25.1 Å². The van der Waals surface area contributed by atoms with Gasteiger partial charge in [0.25, 0.3) is 5.91 Å². The molecule has 0 fully saturated rings. The molecular formula is C21H26N2O4. The maximum Gasteiger partial charge on any atom is 0.251 e. The molecular weight excluding hydrogens is 344 g/mol. The predicted molar refractivity (Wildman–Crippen MR) is 104 cm³/mol. The Bertz CT molecular complexity index is 744. The van der Waals surface area contributed by atoms with Crippen LogP contribution in [-0.4, -0.2) is 36.6 Å². The topological polar surface area (TPSA) is 87.7 Å². The predicted octanol–water partition coefficient (Wildman–Crippen LogP) is 2.80. The van der Waals surface area contributed by atoms with Crippen LogP contribution in [0.2, 0.25) is 0 Å². The third kappa shape index (κ3) is 7.81. The van der Waals surface area contributed by atoms with Crippen LogP contribution in [0.15, 0.2) is 48.5 Å². The zero-order valence-corrected chi connectivity index (χ0v) is 15.5. The molecule has 0 bridgehead atoms. The molecule has 2 rings (SSSR count). The number of unbranched alkanes of at least 4 members (excludes halogenated alkanes) is 1. The number of carbonyl (C=O) groups excluding carboxylic acids is 2. The zero-order valence-electron chi connectivity index (χ0n) is 15.5. The first-order valence-electron chi connectivity index (χ1n) is 9.08. The summed E-state index contributed by atoms with van der Waals surface area (Å²) in [6, 6.07) is 13.9. The van der Waals surface area contributed by atoms with Crippen molar-refractivity contribution in [2.75, 3.05) is 19.7 Å². The fourth-order valence-corrected chi connectivity index (χ4v) is 2.46. The summed E-state index contributed by atoms with van der Waals surface area (Å²) in [6.45, 7) is 3.33. The largest absolute Gasteiger partial charge is 0.508 e. The maximum absolute atomic E-state index is 11.9. The second-order valence-corrected chi connectivity index (χ2v) is 6.27. The molecule has 0 aliphatic heterocycles. The van der Waals surface area contributed by atoms with E-state index in [0.717, 1.165) is 24.2 Å². The fourth-order valence-electron chi connectivity index (χ4n) is 2.46. The van der Waals surface area contributed by atoms with Crippen molar-refractivity contribution in [2.24, 2.45) is 0 Å². The van der Waals surface area contributed by atoms with E-state index >= 15 is 0 Å². The highest BCUT2D eigenvalue weighted by molar-refractivity contribution is 5.94. The summed E-state index contributed by atoms with van der Waals surface area (Å²) in [5, 5.41) is 14.7. The summed E-state index contributed by atoms with van der Waals surface area (Å²) < 4.78 is 5.65. The lowest BCUT2D eigenvalue weighted by molar-refractivity contribution is -0.121. The summed E-state index contributed by atoms with van der Waals surface area (Å²) in [5.74, 6) is 0.689. The lowest BCUT2D eigenvalue weighted by atomic mass is 10.2. The molecule has 0 aliphatic rings. The number of hydrogen-bond donors (Lipinski definition) is 3. The molecule has 0 saturated heterocycles. The van der Waals surface area contributed by atoms with Crippen molar-refractivity contribution in [3.05, 3.63) is 59.7 Å². The number of amides is 2. The average molecular weight is 370 g/mol. The van der Waals surface area contributed by atoms with Gasteiger partial charge in [0.1, 0.15) is 11.5 Å². The Balaban J connectivity index is 1.51. The summed E-state index contributed by atoms with van der Waals surface area (Å²) in [6.07, 6.45) is 1.99. The molecule has 2 amide bonds. The Morgan fingerprint density at radius 1 is 1.00 bits per heavy atom. The summed E-state index contributed by atoms with van der Waals surface area (Å²) in [4.78, 5) is 23.6. The van der Waals surface area contributed by atoms with Gasteiger partial charge in [-0.2, -0.15) is 0 Å². The quantitative estimate of drug-likeness (QED) is 0.561. The third-order valence-corrected chi connectivity index (χ3v) is 3.92. The average Bonchev–Trinajstić information content (AvgIpc) is 2.65. The molecule has 0 aromatic heterocycles. The molecule has 0 heterocycles. The number of hydrogen-bond acceptors (Lipinski definition) is 4. The van der Waals surface area contributed by atoms with Crippen LogP contribution < -0.4 is 15.4 Å². The van der Waals surface area contributed by atoms with E-state index in [1.807, 2.05) is 31.2 Å². The van der Waals surface area contributed by atoms with Crippen LogP contribution in [0, 0.1) is 6.92 Å². The van der Waals surface area contributed by atoms with E-state index in [0.29, 0.717) is 31.7 Å². The van der Waals surface area contributed by atoms with Crippen molar-refractivity contribution in [3.8, 4) is 11.5 Å². The zero-order chi connectivity index (χ0) is 19.5. The number of ether oxygens (including phenoxy) is 1. The number of aromatic hydroxyl groups is 1. The van der Waals surface area contributed by atoms with Gasteiger partial charge in [-0.1, -0.05) is 12.1 Å². The van der Waals surface area contributed by atoms with Crippen molar-refractivity contribution in [3.63, 3.8) is 0 Å². The van der Waals surface area contributed by atoms with Gasteiger partial charge < -0.3 is 20.5 Å². The first kappa shape index (κ1) is 20.3. The van der Waals surface area contributed by atoms with Crippen molar-refractivity contribution >= 4 is 11.8 Å². The minimum atomic E-state index is -0.238. The highest BCUT2D eigenvalue weighted by Gasteiger charge is 2.05. The van der Waals surface area contributed by atoms with Crippen LogP contribution in [0.5, 0.6) is 11.5 Å². The normalized spacial score (nSPS) is 10.3. The summed E-state index contributed by atoms with van der Waals surface area (Å²) >= 11 is 0. The number of carbonyl (C=O) groups is 2. The lowest BCUT2D eigenvalue weighted by Gasteiger charge is -2.08. The Hall–Kier alpha value is -3.02. The third-order valence-electron chi connectivity index (χ3n) is 3.92. The molecule has 0 spiro atoms. The first-order chi connectivity index (χ1) is 13.0. The van der Waals surface area contributed by atoms with Crippen LogP contribution in [0.4, 0.5) is 0 Å². The first-order valence-corrected chi connectivity index (χ1v) is 9.08. The van der Waals surface area contributed by atoms with Gasteiger partial charge in [-0.15, -0.1) is 0 Å². The van der Waals surface area contributed by atoms with E-state index in [1.165, 1.54) is 12.1 Å². The van der Waals surface area contributed by atoms with Crippen molar-refractivity contribution in [1.82, 2.24) is 10.6 Å². The van der Waals surface area contributed by atoms with Gasteiger partial charge in [-0.05, 0) is 61.7 Å². The molecule has 0 atom stereocenters. The molecule has 0 aliphatic carbocycles. The van der Waals surface area contributed by atoms with E-state index in [1.54, 1.807) is 12.1 Å². The van der Waals surface area contributed by atoms with Crippen LogP contribution in [0.3, 0.4) is 0 Å². The van der Waals surface area contributed by atoms with E-state index in [4.69, 9.17) is 4.74 Å². The van der Waals surface area contributed by atoms with Gasteiger partial charge in [0.15, 0.2) is 0 Å². The molecule has 144 valence electrons. The Kier molecular flexibility index (Phi) is 8.16. The number of nitrogens with one attached hydrogen (secondary N) is 2. The van der Waals surface area contributed by atoms with E-state index in [-0.39, 0.29) is 17.6 Å². The van der Waals surface area contributed by atoms with Crippen LogP contribution in [0.25, 0.3) is 0 Å². The fraction of sp³-hybridized carbons (Fsp3) is 0.333. The van der Waals surface area contributed by atoms with Crippen LogP contribution in [0.1, 0.15) is 35.2 Å².